The van der Waals surface area contributed by atoms with Crippen molar-refractivity contribution in [2.24, 2.45) is 0 Å². The number of benzene rings is 1. The molecule has 0 bridgehead atoms. The smallest absolute Gasteiger partial charge is 0.173 e. The monoisotopic (exact) mass is 270 g/mol. The number of carbonyl (C=O) groups is 1. The van der Waals surface area contributed by atoms with Crippen LogP contribution in [0, 0.1) is 0 Å². The van der Waals surface area contributed by atoms with Crippen molar-refractivity contribution in [2.45, 2.75) is 6.92 Å². The summed E-state index contributed by atoms with van der Waals surface area (Å²) in [7, 11) is 0. The Morgan fingerprint density at radius 2 is 2.21 bits per heavy atom. The lowest BCUT2D eigenvalue weighted by molar-refractivity contribution is 0.101. The molecule has 0 aliphatic rings. The molecule has 2 aromatic rings. The van der Waals surface area contributed by atoms with Crippen molar-refractivity contribution in [2.75, 3.05) is 0 Å². The lowest BCUT2D eigenvalue weighted by Gasteiger charge is -1.92. The van der Waals surface area contributed by atoms with Crippen molar-refractivity contribution < 1.29 is 9.90 Å². The number of hydrogen-bond donors (Lipinski definition) is 1. The Kier molecular flexibility index (Phi) is 2.33. The maximum absolute atomic E-state index is 11.2. The van der Waals surface area contributed by atoms with Gasteiger partial charge in [-0.1, -0.05) is 15.9 Å². The van der Waals surface area contributed by atoms with Crippen molar-refractivity contribution in [3.8, 4) is 5.75 Å². The first-order valence-corrected chi connectivity index (χ1v) is 5.62. The van der Waals surface area contributed by atoms with Gasteiger partial charge in [0.1, 0.15) is 10.6 Å². The van der Waals surface area contributed by atoms with Crippen molar-refractivity contribution in [1.82, 2.24) is 0 Å². The van der Waals surface area contributed by atoms with Gasteiger partial charge in [0, 0.05) is 21.5 Å². The largest absolute Gasteiger partial charge is 0.506 e. The molecule has 2 rings (SSSR count). The number of ketones is 1. The summed E-state index contributed by atoms with van der Waals surface area (Å²) < 4.78 is 1.82. The molecule has 72 valence electrons. The van der Waals surface area contributed by atoms with Crippen LogP contribution in [0.1, 0.15) is 16.6 Å². The van der Waals surface area contributed by atoms with Gasteiger partial charge in [0.15, 0.2) is 5.78 Å². The van der Waals surface area contributed by atoms with E-state index in [1.54, 1.807) is 0 Å². The average Bonchev–Trinajstić information content (AvgIpc) is 2.44. The van der Waals surface area contributed by atoms with Crippen LogP contribution in [0.4, 0.5) is 0 Å². The Morgan fingerprint density at radius 3 is 2.86 bits per heavy atom. The lowest BCUT2D eigenvalue weighted by Crippen LogP contribution is -1.85. The fourth-order valence-corrected chi connectivity index (χ4v) is 2.63. The predicted molar refractivity (Wildman–Crippen MR) is 61.2 cm³/mol. The average molecular weight is 271 g/mol. The van der Waals surface area contributed by atoms with Crippen LogP contribution >= 0.6 is 27.3 Å². The molecule has 0 amide bonds. The summed E-state index contributed by atoms with van der Waals surface area (Å²) in [5, 5.41) is 10.5. The second kappa shape index (κ2) is 3.37. The van der Waals surface area contributed by atoms with E-state index in [1.807, 2.05) is 18.2 Å². The molecule has 1 aromatic carbocycles. The number of Topliss-reactive ketones (excluding diaryl/α,β-unsaturated/α-hetero) is 1. The van der Waals surface area contributed by atoms with Crippen LogP contribution in [0.5, 0.6) is 5.75 Å². The van der Waals surface area contributed by atoms with Gasteiger partial charge in [-0.05, 0) is 18.2 Å². The normalized spacial score (nSPS) is 10.7. The summed E-state index contributed by atoms with van der Waals surface area (Å²) in [6, 6.07) is 5.59. The summed E-state index contributed by atoms with van der Waals surface area (Å²) in [5.41, 5.74) is 0. The Bertz CT molecular complexity index is 516. The molecule has 14 heavy (non-hydrogen) atoms. The van der Waals surface area contributed by atoms with Gasteiger partial charge in [0.05, 0.1) is 0 Å². The van der Waals surface area contributed by atoms with Crippen LogP contribution in [-0.4, -0.2) is 10.9 Å². The van der Waals surface area contributed by atoms with Crippen LogP contribution in [0.15, 0.2) is 22.7 Å². The molecule has 4 heteroatoms. The predicted octanol–water partition coefficient (Wildman–Crippen LogP) is 3.57. The highest BCUT2D eigenvalue weighted by Gasteiger charge is 2.14. The Labute approximate surface area is 93.3 Å². The van der Waals surface area contributed by atoms with Gasteiger partial charge in [-0.3, -0.25) is 4.79 Å². The molecule has 2 nitrogen and oxygen atoms in total. The molecule has 0 atom stereocenters. The highest BCUT2D eigenvalue weighted by atomic mass is 79.9. The number of carbonyl (C=O) groups excluding carboxylic acids is 1. The molecule has 0 unspecified atom stereocenters. The SMILES string of the molecule is CC(=O)c1sc2ccc(Br)cc2c1O. The number of fused-ring (bicyclic) bond motifs is 1. The third-order valence-electron chi connectivity index (χ3n) is 1.94. The fourth-order valence-electron chi connectivity index (χ4n) is 1.30. The van der Waals surface area contributed by atoms with E-state index in [2.05, 4.69) is 15.9 Å². The van der Waals surface area contributed by atoms with Crippen LogP contribution in [0.25, 0.3) is 10.1 Å². The minimum Gasteiger partial charge on any atom is -0.506 e. The van der Waals surface area contributed by atoms with Crippen LogP contribution < -0.4 is 0 Å². The molecule has 0 saturated carbocycles. The van der Waals surface area contributed by atoms with Gasteiger partial charge in [0.25, 0.3) is 0 Å². The minimum absolute atomic E-state index is 0.0961. The Balaban J connectivity index is 2.80. The van der Waals surface area contributed by atoms with Gasteiger partial charge in [0.2, 0.25) is 0 Å². The van der Waals surface area contributed by atoms with Gasteiger partial charge in [-0.25, -0.2) is 0 Å². The zero-order chi connectivity index (χ0) is 10.3. The molecule has 1 aromatic heterocycles. The highest BCUT2D eigenvalue weighted by molar-refractivity contribution is 9.10. The second-order valence-corrected chi connectivity index (χ2v) is 4.94. The van der Waals surface area contributed by atoms with Gasteiger partial charge in [-0.15, -0.1) is 11.3 Å². The molecule has 1 heterocycles. The molecule has 0 fully saturated rings. The molecule has 0 saturated heterocycles. The molecule has 0 spiro atoms. The fraction of sp³-hybridized carbons (Fsp3) is 0.100. The zero-order valence-electron chi connectivity index (χ0n) is 7.37. The van der Waals surface area contributed by atoms with E-state index in [0.717, 1.165) is 14.6 Å². The summed E-state index contributed by atoms with van der Waals surface area (Å²) >= 11 is 4.64. The van der Waals surface area contributed by atoms with Crippen molar-refractivity contribution in [1.29, 1.82) is 0 Å². The van der Waals surface area contributed by atoms with E-state index in [-0.39, 0.29) is 11.5 Å². The molecule has 0 aliphatic heterocycles. The van der Waals surface area contributed by atoms with Gasteiger partial charge < -0.3 is 5.11 Å². The maximum Gasteiger partial charge on any atom is 0.173 e. The Hall–Kier alpha value is -0.870. The second-order valence-electron chi connectivity index (χ2n) is 2.98. The summed E-state index contributed by atoms with van der Waals surface area (Å²) in [6.07, 6.45) is 0. The highest BCUT2D eigenvalue weighted by Crippen LogP contribution is 2.38. The zero-order valence-corrected chi connectivity index (χ0v) is 9.78. The van der Waals surface area contributed by atoms with Crippen LogP contribution in [-0.2, 0) is 0 Å². The number of rotatable bonds is 1. The number of aromatic hydroxyl groups is 1. The number of thiophene rings is 1. The first kappa shape index (κ1) is 9.68. The van der Waals surface area contributed by atoms with Crippen molar-refractivity contribution >= 4 is 43.1 Å². The van der Waals surface area contributed by atoms with E-state index in [9.17, 15) is 9.90 Å². The van der Waals surface area contributed by atoms with Crippen molar-refractivity contribution in [3.05, 3.63) is 27.5 Å². The summed E-state index contributed by atoms with van der Waals surface area (Å²) in [5.74, 6) is -0.00128. The molecule has 0 radical (unpaired) electrons. The molecule has 1 N–H and O–H groups in total. The summed E-state index contributed by atoms with van der Waals surface area (Å²) in [4.78, 5) is 11.6. The maximum atomic E-state index is 11.2. The van der Waals surface area contributed by atoms with Crippen LogP contribution in [0.3, 0.4) is 0 Å². The number of halogens is 1. The van der Waals surface area contributed by atoms with E-state index < -0.39 is 0 Å². The van der Waals surface area contributed by atoms with E-state index >= 15 is 0 Å². The number of hydrogen-bond acceptors (Lipinski definition) is 3. The Morgan fingerprint density at radius 1 is 1.50 bits per heavy atom. The van der Waals surface area contributed by atoms with E-state index in [0.29, 0.717) is 4.88 Å². The molecule has 0 aliphatic carbocycles. The third kappa shape index (κ3) is 1.44. The van der Waals surface area contributed by atoms with E-state index in [1.165, 1.54) is 18.3 Å². The first-order chi connectivity index (χ1) is 6.59. The quantitative estimate of drug-likeness (QED) is 0.805. The minimum atomic E-state index is -0.0974. The lowest BCUT2D eigenvalue weighted by atomic mass is 10.2. The summed E-state index contributed by atoms with van der Waals surface area (Å²) in [6.45, 7) is 1.46. The standard InChI is InChI=1S/C10H7BrO2S/c1-5(12)10-9(13)7-4-6(11)2-3-8(7)14-10/h2-4,13H,1H3. The molecular weight excluding hydrogens is 264 g/mol. The first-order valence-electron chi connectivity index (χ1n) is 4.01. The van der Waals surface area contributed by atoms with Crippen LogP contribution in [0.2, 0.25) is 0 Å². The third-order valence-corrected chi connectivity index (χ3v) is 3.70. The van der Waals surface area contributed by atoms with Gasteiger partial charge in [-0.2, -0.15) is 0 Å². The van der Waals surface area contributed by atoms with Crippen molar-refractivity contribution in [3.63, 3.8) is 0 Å². The topological polar surface area (TPSA) is 37.3 Å². The molecular formula is C10H7BrO2S. The van der Waals surface area contributed by atoms with E-state index in [4.69, 9.17) is 0 Å². The van der Waals surface area contributed by atoms with Gasteiger partial charge >= 0.3 is 0 Å².